The van der Waals surface area contributed by atoms with Crippen LogP contribution in [0.1, 0.15) is 48.2 Å². The molecule has 2 fully saturated rings. The first-order valence-electron chi connectivity index (χ1n) is 7.65. The van der Waals surface area contributed by atoms with Gasteiger partial charge in [0.25, 0.3) is 5.91 Å². The summed E-state index contributed by atoms with van der Waals surface area (Å²) in [6.07, 6.45) is 7.39. The normalized spacial score (nSPS) is 22.6. The maximum Gasteiger partial charge on any atom is 0.265 e. The third kappa shape index (κ3) is 3.83. The van der Waals surface area contributed by atoms with Crippen molar-refractivity contribution in [3.63, 3.8) is 0 Å². The van der Waals surface area contributed by atoms with Gasteiger partial charge in [0.2, 0.25) is 0 Å². The molecule has 5 nitrogen and oxygen atoms in total. The van der Waals surface area contributed by atoms with Crippen molar-refractivity contribution in [2.45, 2.75) is 49.8 Å². The predicted molar refractivity (Wildman–Crippen MR) is 90.2 cm³/mol. The summed E-state index contributed by atoms with van der Waals surface area (Å²) in [4.78, 5) is 17.0. The smallest absolute Gasteiger partial charge is 0.265 e. The van der Waals surface area contributed by atoms with Crippen molar-refractivity contribution in [1.82, 2.24) is 10.3 Å². The number of anilines is 2. The Morgan fingerprint density at radius 3 is 2.81 bits per heavy atom. The van der Waals surface area contributed by atoms with Crippen LogP contribution in [0.3, 0.4) is 0 Å². The monoisotopic (exact) mass is 326 g/mol. The molecule has 3 rings (SSSR count). The summed E-state index contributed by atoms with van der Waals surface area (Å²) in [5.41, 5.74) is 5.88. The number of carbonyl (C=O) groups excluding carboxylic acids is 1. The number of thioether (sulfide) groups is 1. The fourth-order valence-electron chi connectivity index (χ4n) is 2.54. The minimum Gasteiger partial charge on any atom is -0.382 e. The number of nitrogens with one attached hydrogen (secondary N) is 2. The van der Waals surface area contributed by atoms with E-state index in [4.69, 9.17) is 5.73 Å². The molecule has 0 spiro atoms. The lowest BCUT2D eigenvalue weighted by Crippen LogP contribution is -2.31. The summed E-state index contributed by atoms with van der Waals surface area (Å²) >= 11 is 3.32. The van der Waals surface area contributed by atoms with E-state index >= 15 is 0 Å². The molecule has 21 heavy (non-hydrogen) atoms. The zero-order chi connectivity index (χ0) is 14.7. The van der Waals surface area contributed by atoms with Crippen LogP contribution >= 0.6 is 23.1 Å². The van der Waals surface area contributed by atoms with Crippen LogP contribution in [-0.2, 0) is 0 Å². The number of hydrogen-bond acceptors (Lipinski definition) is 6. The molecule has 1 aliphatic heterocycles. The lowest BCUT2D eigenvalue weighted by molar-refractivity contribution is 0.0958. The van der Waals surface area contributed by atoms with Gasteiger partial charge in [-0.05, 0) is 37.9 Å². The van der Waals surface area contributed by atoms with Crippen LogP contribution < -0.4 is 16.4 Å². The molecule has 1 unspecified atom stereocenters. The Labute approximate surface area is 133 Å². The van der Waals surface area contributed by atoms with Gasteiger partial charge in [-0.25, -0.2) is 4.98 Å². The quantitative estimate of drug-likeness (QED) is 0.775. The van der Waals surface area contributed by atoms with Crippen LogP contribution in [0.2, 0.25) is 0 Å². The van der Waals surface area contributed by atoms with Gasteiger partial charge >= 0.3 is 0 Å². The molecule has 1 amide bonds. The van der Waals surface area contributed by atoms with Crippen molar-refractivity contribution in [1.29, 1.82) is 0 Å². The van der Waals surface area contributed by atoms with Gasteiger partial charge in [-0.3, -0.25) is 4.79 Å². The maximum absolute atomic E-state index is 12.2. The number of nitrogen functional groups attached to an aromatic ring is 1. The van der Waals surface area contributed by atoms with Crippen molar-refractivity contribution in [2.75, 3.05) is 23.3 Å². The van der Waals surface area contributed by atoms with Crippen LogP contribution in [0, 0.1) is 0 Å². The summed E-state index contributed by atoms with van der Waals surface area (Å²) in [5.74, 6) is 1.46. The number of aromatic nitrogens is 1. The van der Waals surface area contributed by atoms with Crippen molar-refractivity contribution in [3.8, 4) is 0 Å². The van der Waals surface area contributed by atoms with Crippen LogP contribution in [0.4, 0.5) is 10.9 Å². The summed E-state index contributed by atoms with van der Waals surface area (Å²) in [7, 11) is 0. The Balaban J connectivity index is 1.53. The van der Waals surface area contributed by atoms with E-state index in [0.29, 0.717) is 22.0 Å². The fraction of sp³-hybridized carbons (Fsp3) is 0.714. The van der Waals surface area contributed by atoms with Crippen LogP contribution in [0.5, 0.6) is 0 Å². The number of carbonyl (C=O) groups is 1. The molecular formula is C14H22N4OS2. The Hall–Kier alpha value is -0.950. The number of nitrogens with two attached hydrogens (primary N) is 1. The summed E-state index contributed by atoms with van der Waals surface area (Å²) in [6, 6.07) is 0.505. The first-order valence-corrected chi connectivity index (χ1v) is 9.51. The van der Waals surface area contributed by atoms with Crippen LogP contribution in [-0.4, -0.2) is 34.5 Å². The van der Waals surface area contributed by atoms with Gasteiger partial charge in [-0.2, -0.15) is 11.8 Å². The number of hydrogen-bond donors (Lipinski definition) is 3. The van der Waals surface area contributed by atoms with Crippen LogP contribution in [0.25, 0.3) is 0 Å². The van der Waals surface area contributed by atoms with Crippen molar-refractivity contribution >= 4 is 40.0 Å². The largest absolute Gasteiger partial charge is 0.382 e. The minimum atomic E-state index is -0.0853. The molecule has 0 bridgehead atoms. The summed E-state index contributed by atoms with van der Waals surface area (Å²) in [6.45, 7) is 0.728. The van der Waals surface area contributed by atoms with E-state index in [-0.39, 0.29) is 5.91 Å². The van der Waals surface area contributed by atoms with E-state index < -0.39 is 0 Å². The molecule has 1 atom stereocenters. The van der Waals surface area contributed by atoms with Gasteiger partial charge in [-0.15, -0.1) is 0 Å². The fourth-order valence-corrected chi connectivity index (χ4v) is 4.66. The molecular weight excluding hydrogens is 304 g/mol. The first-order chi connectivity index (χ1) is 10.2. The maximum atomic E-state index is 12.2. The summed E-state index contributed by atoms with van der Waals surface area (Å²) in [5, 5.41) is 7.67. The highest BCUT2D eigenvalue weighted by Gasteiger charge is 2.22. The van der Waals surface area contributed by atoms with E-state index in [9.17, 15) is 4.79 Å². The molecule has 0 radical (unpaired) electrons. The molecule has 1 saturated carbocycles. The highest BCUT2D eigenvalue weighted by Crippen LogP contribution is 2.29. The van der Waals surface area contributed by atoms with Crippen molar-refractivity contribution < 1.29 is 4.79 Å². The second-order valence-corrected chi connectivity index (χ2v) is 8.11. The SMILES string of the molecule is Nc1nc(NC2CCC2)sc1C(=O)NCC1CCCCS1. The number of nitrogens with zero attached hydrogens (tertiary/aromatic N) is 1. The zero-order valence-corrected chi connectivity index (χ0v) is 13.7. The Morgan fingerprint density at radius 2 is 2.14 bits per heavy atom. The Kier molecular flexibility index (Phi) is 4.90. The van der Waals surface area contributed by atoms with E-state index in [1.54, 1.807) is 0 Å². The molecule has 0 aromatic carbocycles. The molecule has 116 valence electrons. The molecule has 7 heteroatoms. The standard InChI is InChI=1S/C14H22N4OS2/c15-12-11(21-14(18-12)17-9-4-3-5-9)13(19)16-8-10-6-1-2-7-20-10/h9-10H,1-8,15H2,(H,16,19)(H,17,18). The second-order valence-electron chi connectivity index (χ2n) is 5.70. The molecule has 1 aromatic heterocycles. The predicted octanol–water partition coefficient (Wildman–Crippen LogP) is 2.71. The topological polar surface area (TPSA) is 80.0 Å². The third-order valence-corrected chi connectivity index (χ3v) is 6.46. The Morgan fingerprint density at radius 1 is 1.29 bits per heavy atom. The van der Waals surface area contributed by atoms with Gasteiger partial charge in [0.15, 0.2) is 5.13 Å². The lowest BCUT2D eigenvalue weighted by Gasteiger charge is -2.25. The van der Waals surface area contributed by atoms with E-state index in [0.717, 1.165) is 11.7 Å². The minimum absolute atomic E-state index is 0.0853. The van der Waals surface area contributed by atoms with Gasteiger partial charge in [0, 0.05) is 17.8 Å². The van der Waals surface area contributed by atoms with E-state index in [1.165, 1.54) is 55.6 Å². The average molecular weight is 326 g/mol. The van der Waals surface area contributed by atoms with Gasteiger partial charge in [0.1, 0.15) is 10.7 Å². The van der Waals surface area contributed by atoms with Crippen molar-refractivity contribution in [3.05, 3.63) is 4.88 Å². The van der Waals surface area contributed by atoms with Gasteiger partial charge < -0.3 is 16.4 Å². The van der Waals surface area contributed by atoms with Crippen LogP contribution in [0.15, 0.2) is 0 Å². The second kappa shape index (κ2) is 6.87. The highest BCUT2D eigenvalue weighted by atomic mass is 32.2. The average Bonchev–Trinajstić information content (AvgIpc) is 2.82. The lowest BCUT2D eigenvalue weighted by atomic mass is 9.93. The third-order valence-electron chi connectivity index (χ3n) is 4.06. The number of thiazole rings is 1. The summed E-state index contributed by atoms with van der Waals surface area (Å²) < 4.78 is 0. The molecule has 1 saturated heterocycles. The molecule has 4 N–H and O–H groups in total. The first kappa shape index (κ1) is 15.0. The van der Waals surface area contributed by atoms with E-state index in [1.807, 2.05) is 11.8 Å². The van der Waals surface area contributed by atoms with Gasteiger partial charge in [0.05, 0.1) is 0 Å². The Bertz CT molecular complexity index is 495. The zero-order valence-electron chi connectivity index (χ0n) is 12.1. The number of rotatable bonds is 5. The highest BCUT2D eigenvalue weighted by molar-refractivity contribution is 7.99. The molecule has 2 heterocycles. The number of amides is 1. The molecule has 2 aliphatic rings. The molecule has 1 aromatic rings. The van der Waals surface area contributed by atoms with Gasteiger partial charge in [-0.1, -0.05) is 17.8 Å². The molecule has 1 aliphatic carbocycles. The van der Waals surface area contributed by atoms with E-state index in [2.05, 4.69) is 15.6 Å². The van der Waals surface area contributed by atoms with Crippen molar-refractivity contribution in [2.24, 2.45) is 0 Å².